The Morgan fingerprint density at radius 1 is 0.438 bits per heavy atom. The molecule has 0 radical (unpaired) electrons. The molecule has 0 aliphatic heterocycles. The van der Waals surface area contributed by atoms with E-state index in [-0.39, 0.29) is 6.07 Å². The number of hydrogen-bond acceptors (Lipinski definition) is 0. The first-order chi connectivity index (χ1) is 13.8. The predicted molar refractivity (Wildman–Crippen MR) is 78.8 cm³/mol. The van der Waals surface area contributed by atoms with Crippen LogP contribution in [0.4, 0.5) is 74.6 Å². The minimum Gasteiger partial charge on any atom is -0.194 e. The predicted octanol–water partition coefficient (Wildman–Crippen LogP) is 7.76. The average Bonchev–Trinajstić information content (AvgIpc) is 2.59. The highest BCUT2D eigenvalue weighted by molar-refractivity contribution is 14.1. The Labute approximate surface area is 178 Å². The number of alkyl halides is 17. The van der Waals surface area contributed by atoms with E-state index >= 15 is 0 Å². The third kappa shape index (κ3) is 3.57. The molecule has 0 amide bonds. The van der Waals surface area contributed by atoms with Gasteiger partial charge in [-0.2, -0.15) is 74.6 Å². The zero-order valence-corrected chi connectivity index (χ0v) is 16.3. The lowest BCUT2D eigenvalue weighted by molar-refractivity contribution is -0.462. The van der Waals surface area contributed by atoms with Crippen molar-refractivity contribution in [2.45, 2.75) is 47.6 Å². The monoisotopic (exact) mass is 622 g/mol. The van der Waals surface area contributed by atoms with Crippen molar-refractivity contribution in [3.05, 3.63) is 33.4 Å². The number of halogens is 18. The molecule has 0 aromatic heterocycles. The van der Waals surface area contributed by atoms with E-state index in [1.807, 2.05) is 0 Å². The number of rotatable bonds is 7. The summed E-state index contributed by atoms with van der Waals surface area (Å²) in [6.07, 6.45) is -7.77. The second kappa shape index (κ2) is 7.64. The number of benzene rings is 1. The van der Waals surface area contributed by atoms with Crippen LogP contribution < -0.4 is 0 Å². The summed E-state index contributed by atoms with van der Waals surface area (Å²) in [6.45, 7) is 0. The van der Waals surface area contributed by atoms with Gasteiger partial charge < -0.3 is 0 Å². The first-order valence-electron chi connectivity index (χ1n) is 7.23. The van der Waals surface area contributed by atoms with Gasteiger partial charge in [0.1, 0.15) is 0 Å². The molecule has 1 aromatic carbocycles. The van der Waals surface area contributed by atoms with E-state index in [9.17, 15) is 74.6 Å². The fourth-order valence-electron chi connectivity index (χ4n) is 2.05. The summed E-state index contributed by atoms with van der Waals surface area (Å²) in [5.74, 6) is -56.4. The Kier molecular flexibility index (Phi) is 6.87. The molecule has 0 aliphatic carbocycles. The molecular formula is C14H4F17I. The van der Waals surface area contributed by atoms with E-state index in [1.165, 1.54) is 0 Å². The molecule has 0 spiro atoms. The molecule has 0 aliphatic rings. The summed E-state index contributed by atoms with van der Waals surface area (Å²) in [5.41, 5.74) is -2.20. The van der Waals surface area contributed by atoms with Crippen LogP contribution in [0.3, 0.4) is 0 Å². The lowest BCUT2D eigenvalue weighted by atomic mass is 9.87. The van der Waals surface area contributed by atoms with E-state index in [2.05, 4.69) is 0 Å². The lowest BCUT2D eigenvalue weighted by Crippen LogP contribution is -2.74. The molecule has 0 unspecified atom stereocenters. The van der Waals surface area contributed by atoms with Crippen molar-refractivity contribution in [1.82, 2.24) is 0 Å². The molecule has 1 aromatic rings. The largest absolute Gasteiger partial charge is 0.460 e. The van der Waals surface area contributed by atoms with Gasteiger partial charge in [-0.25, -0.2) is 0 Å². The first-order valence-corrected chi connectivity index (χ1v) is 8.31. The quantitative estimate of drug-likeness (QED) is 0.216. The Morgan fingerprint density at radius 3 is 1.09 bits per heavy atom. The summed E-state index contributed by atoms with van der Waals surface area (Å²) in [6, 6.07) is 1.74. The third-order valence-electron chi connectivity index (χ3n) is 3.93. The maximum absolute atomic E-state index is 14.0. The number of hydrogen-bond donors (Lipinski definition) is 0. The molecule has 32 heavy (non-hydrogen) atoms. The van der Waals surface area contributed by atoms with Gasteiger partial charge in [0.15, 0.2) is 0 Å². The van der Waals surface area contributed by atoms with Gasteiger partial charge in [0.05, 0.1) is 0 Å². The molecule has 0 saturated heterocycles. The zero-order chi connectivity index (χ0) is 26.0. The summed E-state index contributed by atoms with van der Waals surface area (Å²) in [4.78, 5) is 0. The highest BCUT2D eigenvalue weighted by atomic mass is 127. The summed E-state index contributed by atoms with van der Waals surface area (Å²) in [7, 11) is 0. The fraction of sp³-hybridized carbons (Fsp3) is 0.571. The lowest BCUT2D eigenvalue weighted by Gasteiger charge is -2.42. The smallest absolute Gasteiger partial charge is 0.194 e. The van der Waals surface area contributed by atoms with Gasteiger partial charge >= 0.3 is 47.6 Å². The van der Waals surface area contributed by atoms with Crippen LogP contribution in [0.25, 0.3) is 0 Å². The van der Waals surface area contributed by atoms with Crippen molar-refractivity contribution in [2.75, 3.05) is 0 Å². The molecule has 186 valence electrons. The van der Waals surface area contributed by atoms with Gasteiger partial charge in [0.25, 0.3) is 0 Å². The Balaban J connectivity index is 3.74. The van der Waals surface area contributed by atoms with Crippen molar-refractivity contribution >= 4 is 22.6 Å². The molecule has 18 heteroatoms. The van der Waals surface area contributed by atoms with Gasteiger partial charge in [-0.15, -0.1) is 0 Å². The Bertz CT molecular complexity index is 838. The second-order valence-corrected chi connectivity index (χ2v) is 7.16. The van der Waals surface area contributed by atoms with Gasteiger partial charge in [-0.3, -0.25) is 0 Å². The van der Waals surface area contributed by atoms with Crippen LogP contribution in [-0.2, 0) is 5.92 Å². The molecule has 0 saturated carbocycles. The van der Waals surface area contributed by atoms with Crippen molar-refractivity contribution in [3.8, 4) is 0 Å². The maximum atomic E-state index is 14.0. The zero-order valence-electron chi connectivity index (χ0n) is 14.1. The Morgan fingerprint density at radius 2 is 0.750 bits per heavy atom. The molecule has 0 bridgehead atoms. The van der Waals surface area contributed by atoms with Crippen molar-refractivity contribution < 1.29 is 74.6 Å². The normalized spacial score (nSPS) is 15.8. The van der Waals surface area contributed by atoms with Crippen LogP contribution in [0, 0.1) is 3.57 Å². The topological polar surface area (TPSA) is 0 Å². The maximum Gasteiger partial charge on any atom is 0.460 e. The summed E-state index contributed by atoms with van der Waals surface area (Å²) in [5, 5.41) is 0. The van der Waals surface area contributed by atoms with E-state index in [0.717, 1.165) is 28.7 Å². The second-order valence-electron chi connectivity index (χ2n) is 6.00. The van der Waals surface area contributed by atoms with Gasteiger partial charge in [-0.05, 0) is 28.7 Å². The van der Waals surface area contributed by atoms with Gasteiger partial charge in [-0.1, -0.05) is 18.2 Å². The summed E-state index contributed by atoms with van der Waals surface area (Å²) >= 11 is 0.785. The van der Waals surface area contributed by atoms with Crippen LogP contribution >= 0.6 is 22.6 Å². The minimum absolute atomic E-state index is 0.0749. The summed E-state index contributed by atoms with van der Waals surface area (Å²) < 4.78 is 223. The van der Waals surface area contributed by atoms with Crippen LogP contribution in [0.15, 0.2) is 24.3 Å². The van der Waals surface area contributed by atoms with Crippen LogP contribution in [0.5, 0.6) is 0 Å². The molecule has 0 fully saturated rings. The average molecular weight is 622 g/mol. The van der Waals surface area contributed by atoms with E-state index in [4.69, 9.17) is 0 Å². The van der Waals surface area contributed by atoms with Crippen molar-refractivity contribution in [1.29, 1.82) is 0 Å². The minimum atomic E-state index is -8.62. The molecule has 0 nitrogen and oxygen atoms in total. The van der Waals surface area contributed by atoms with Crippen LogP contribution in [0.1, 0.15) is 5.56 Å². The SMILES string of the molecule is FC(F)(F)C(F)(F)C(F)(F)C(F)(F)C(F)(F)C(F)(F)C(F)(F)C(F)(F)c1ccccc1I. The molecule has 0 atom stereocenters. The van der Waals surface area contributed by atoms with Gasteiger partial charge in [0.2, 0.25) is 0 Å². The van der Waals surface area contributed by atoms with E-state index in [0.29, 0.717) is 12.1 Å². The van der Waals surface area contributed by atoms with Gasteiger partial charge in [0, 0.05) is 9.13 Å². The third-order valence-corrected chi connectivity index (χ3v) is 4.87. The highest BCUT2D eigenvalue weighted by Gasteiger charge is 2.95. The highest BCUT2D eigenvalue weighted by Crippen LogP contribution is 2.65. The molecule has 0 heterocycles. The van der Waals surface area contributed by atoms with Crippen LogP contribution in [-0.4, -0.2) is 41.7 Å². The van der Waals surface area contributed by atoms with Crippen molar-refractivity contribution in [3.63, 3.8) is 0 Å². The Hall–Kier alpha value is -1.24. The van der Waals surface area contributed by atoms with Crippen molar-refractivity contribution in [2.24, 2.45) is 0 Å². The van der Waals surface area contributed by atoms with Crippen LogP contribution in [0.2, 0.25) is 0 Å². The fourth-order valence-corrected chi connectivity index (χ4v) is 2.77. The standard InChI is InChI=1S/C14H4F17I/c15-7(16,5-3-1-2-4-6(5)32)8(17,18)9(19,20)10(21,22)11(23,24)12(25,26)13(27,28)14(29,30)31/h1-4H. The molecular weight excluding hydrogens is 618 g/mol. The molecule has 0 N–H and O–H groups in total. The molecule has 1 rings (SSSR count). The van der Waals surface area contributed by atoms with E-state index < -0.39 is 56.8 Å². The van der Waals surface area contributed by atoms with E-state index in [1.54, 1.807) is 0 Å². The first kappa shape index (κ1) is 28.8.